The van der Waals surface area contributed by atoms with Gasteiger partial charge in [-0.2, -0.15) is 0 Å². The van der Waals surface area contributed by atoms with Gasteiger partial charge in [-0.05, 0) is 39.0 Å². The van der Waals surface area contributed by atoms with Gasteiger partial charge in [0.1, 0.15) is 5.82 Å². The van der Waals surface area contributed by atoms with Crippen LogP contribution in [0.4, 0.5) is 10.1 Å². The summed E-state index contributed by atoms with van der Waals surface area (Å²) in [5, 5.41) is 3.35. The van der Waals surface area contributed by atoms with Crippen LogP contribution in [0.15, 0.2) is 18.2 Å². The summed E-state index contributed by atoms with van der Waals surface area (Å²) >= 11 is 5.65. The first-order chi connectivity index (χ1) is 7.38. The molecular weight excluding hydrogens is 229 g/mol. The molecule has 2 nitrogen and oxygen atoms in total. The van der Waals surface area contributed by atoms with E-state index in [1.54, 1.807) is 12.1 Å². The Kier molecular flexibility index (Phi) is 4.56. The Morgan fingerprint density at radius 1 is 1.38 bits per heavy atom. The molecule has 0 saturated heterocycles. The van der Waals surface area contributed by atoms with E-state index in [4.69, 9.17) is 16.3 Å². The van der Waals surface area contributed by atoms with Crippen LogP contribution >= 0.6 is 11.6 Å². The molecule has 0 aliphatic heterocycles. The minimum Gasteiger partial charge on any atom is -0.380 e. The molecule has 0 atom stereocenters. The van der Waals surface area contributed by atoms with Crippen molar-refractivity contribution < 1.29 is 9.13 Å². The highest BCUT2D eigenvalue weighted by molar-refractivity contribution is 6.30. The zero-order valence-electron chi connectivity index (χ0n) is 9.81. The fourth-order valence-corrected chi connectivity index (χ4v) is 1.33. The number of anilines is 1. The third-order valence-electron chi connectivity index (χ3n) is 1.88. The number of hydrogen-bond acceptors (Lipinski definition) is 2. The van der Waals surface area contributed by atoms with Gasteiger partial charge in [-0.1, -0.05) is 11.6 Å². The summed E-state index contributed by atoms with van der Waals surface area (Å²) in [6.45, 7) is 7.04. The van der Waals surface area contributed by atoms with Gasteiger partial charge in [0, 0.05) is 11.6 Å². The fourth-order valence-electron chi connectivity index (χ4n) is 1.18. The first-order valence-electron chi connectivity index (χ1n) is 5.21. The second-order valence-electron chi connectivity index (χ2n) is 4.51. The van der Waals surface area contributed by atoms with Crippen molar-refractivity contribution in [3.63, 3.8) is 0 Å². The van der Waals surface area contributed by atoms with Gasteiger partial charge in [-0.3, -0.25) is 0 Å². The molecule has 90 valence electrons. The Bertz CT molecular complexity index is 349. The number of rotatable bonds is 4. The van der Waals surface area contributed by atoms with Crippen molar-refractivity contribution in [2.24, 2.45) is 0 Å². The van der Waals surface area contributed by atoms with Gasteiger partial charge in [0.25, 0.3) is 0 Å². The smallest absolute Gasteiger partial charge is 0.147 e. The number of halogens is 2. The van der Waals surface area contributed by atoms with Gasteiger partial charge in [0.05, 0.1) is 17.9 Å². The molecule has 0 amide bonds. The van der Waals surface area contributed by atoms with Crippen molar-refractivity contribution >= 4 is 17.3 Å². The summed E-state index contributed by atoms with van der Waals surface area (Å²) in [5.41, 5.74) is 0.280. The van der Waals surface area contributed by atoms with E-state index in [0.717, 1.165) is 0 Å². The minimum absolute atomic E-state index is 0.166. The summed E-state index contributed by atoms with van der Waals surface area (Å²) < 4.78 is 18.8. The number of hydrogen-bond donors (Lipinski definition) is 1. The predicted molar refractivity (Wildman–Crippen MR) is 65.6 cm³/mol. The largest absolute Gasteiger partial charge is 0.380 e. The van der Waals surface area contributed by atoms with Crippen LogP contribution in [0.3, 0.4) is 0 Å². The zero-order chi connectivity index (χ0) is 12.2. The third-order valence-corrected chi connectivity index (χ3v) is 2.12. The quantitative estimate of drug-likeness (QED) is 0.817. The molecule has 0 aliphatic rings. The molecule has 0 aliphatic carbocycles. The zero-order valence-corrected chi connectivity index (χ0v) is 10.6. The summed E-state index contributed by atoms with van der Waals surface area (Å²) in [6.07, 6.45) is 0. The maximum Gasteiger partial charge on any atom is 0.147 e. The monoisotopic (exact) mass is 245 g/mol. The second kappa shape index (κ2) is 5.51. The fraction of sp³-hybridized carbons (Fsp3) is 0.500. The van der Waals surface area contributed by atoms with Crippen molar-refractivity contribution in [2.45, 2.75) is 26.4 Å². The van der Waals surface area contributed by atoms with Gasteiger partial charge >= 0.3 is 0 Å². The summed E-state index contributed by atoms with van der Waals surface area (Å²) in [5.74, 6) is -0.344. The summed E-state index contributed by atoms with van der Waals surface area (Å²) in [4.78, 5) is 0. The maximum atomic E-state index is 13.3. The molecule has 0 saturated carbocycles. The van der Waals surface area contributed by atoms with E-state index in [0.29, 0.717) is 23.9 Å². The second-order valence-corrected chi connectivity index (χ2v) is 4.95. The molecule has 0 unspecified atom stereocenters. The Morgan fingerprint density at radius 2 is 2.06 bits per heavy atom. The normalized spacial score (nSPS) is 11.6. The molecule has 0 fully saturated rings. The third kappa shape index (κ3) is 4.81. The Hall–Kier alpha value is -0.800. The first-order valence-corrected chi connectivity index (χ1v) is 5.59. The van der Waals surface area contributed by atoms with Crippen LogP contribution in [0.5, 0.6) is 0 Å². The van der Waals surface area contributed by atoms with Gasteiger partial charge in [0.15, 0.2) is 0 Å². The van der Waals surface area contributed by atoms with E-state index in [1.807, 2.05) is 20.8 Å². The molecule has 0 aromatic heterocycles. The minimum atomic E-state index is -0.344. The molecule has 4 heteroatoms. The van der Waals surface area contributed by atoms with Crippen molar-refractivity contribution in [3.05, 3.63) is 29.0 Å². The van der Waals surface area contributed by atoms with Crippen molar-refractivity contribution in [2.75, 3.05) is 18.5 Å². The van der Waals surface area contributed by atoms with Crippen LogP contribution < -0.4 is 5.32 Å². The molecule has 0 spiro atoms. The molecule has 1 N–H and O–H groups in total. The number of nitrogens with one attached hydrogen (secondary N) is 1. The van der Waals surface area contributed by atoms with E-state index in [-0.39, 0.29) is 11.4 Å². The van der Waals surface area contributed by atoms with Gasteiger partial charge in [-0.15, -0.1) is 0 Å². The summed E-state index contributed by atoms with van der Waals surface area (Å²) in [6, 6.07) is 4.56. The lowest BCUT2D eigenvalue weighted by Gasteiger charge is -2.19. The highest BCUT2D eigenvalue weighted by Crippen LogP contribution is 2.18. The van der Waals surface area contributed by atoms with Gasteiger partial charge < -0.3 is 10.1 Å². The SMILES string of the molecule is CC(C)(C)OCCNc1ccc(Cl)cc1F. The van der Waals surface area contributed by atoms with E-state index >= 15 is 0 Å². The molecule has 0 heterocycles. The highest BCUT2D eigenvalue weighted by atomic mass is 35.5. The maximum absolute atomic E-state index is 13.3. The van der Waals surface area contributed by atoms with E-state index in [9.17, 15) is 4.39 Å². The van der Waals surface area contributed by atoms with Crippen LogP contribution in [0, 0.1) is 5.82 Å². The molecule has 1 rings (SSSR count). The standard InChI is InChI=1S/C12H17ClFNO/c1-12(2,3)16-7-6-15-11-5-4-9(13)8-10(11)14/h4-5,8,15H,6-7H2,1-3H3. The van der Waals surface area contributed by atoms with Crippen LogP contribution in [0.25, 0.3) is 0 Å². The van der Waals surface area contributed by atoms with E-state index < -0.39 is 0 Å². The molecule has 1 aromatic carbocycles. The number of ether oxygens (including phenoxy) is 1. The van der Waals surface area contributed by atoms with Crippen LogP contribution in [-0.4, -0.2) is 18.8 Å². The molecule has 16 heavy (non-hydrogen) atoms. The van der Waals surface area contributed by atoms with Crippen molar-refractivity contribution in [3.8, 4) is 0 Å². The van der Waals surface area contributed by atoms with E-state index in [2.05, 4.69) is 5.32 Å². The Morgan fingerprint density at radius 3 is 2.62 bits per heavy atom. The average molecular weight is 246 g/mol. The molecular formula is C12H17ClFNO. The molecule has 0 bridgehead atoms. The number of benzene rings is 1. The Balaban J connectivity index is 2.38. The molecule has 1 aromatic rings. The summed E-state index contributed by atoms with van der Waals surface area (Å²) in [7, 11) is 0. The van der Waals surface area contributed by atoms with Crippen LogP contribution in [0.1, 0.15) is 20.8 Å². The van der Waals surface area contributed by atoms with Gasteiger partial charge in [0.2, 0.25) is 0 Å². The van der Waals surface area contributed by atoms with Crippen LogP contribution in [-0.2, 0) is 4.74 Å². The lowest BCUT2D eigenvalue weighted by atomic mass is 10.2. The highest BCUT2D eigenvalue weighted by Gasteiger charge is 2.09. The lowest BCUT2D eigenvalue weighted by Crippen LogP contribution is -2.23. The van der Waals surface area contributed by atoms with Crippen molar-refractivity contribution in [1.82, 2.24) is 0 Å². The Labute approximate surface area is 101 Å². The average Bonchev–Trinajstić information content (AvgIpc) is 2.13. The lowest BCUT2D eigenvalue weighted by molar-refractivity contribution is 0.00332. The van der Waals surface area contributed by atoms with Gasteiger partial charge in [-0.25, -0.2) is 4.39 Å². The first kappa shape index (κ1) is 13.3. The van der Waals surface area contributed by atoms with Crippen LogP contribution in [0.2, 0.25) is 5.02 Å². The molecule has 0 radical (unpaired) electrons. The van der Waals surface area contributed by atoms with E-state index in [1.165, 1.54) is 6.07 Å². The topological polar surface area (TPSA) is 21.3 Å². The van der Waals surface area contributed by atoms with Crippen molar-refractivity contribution in [1.29, 1.82) is 0 Å². The predicted octanol–water partition coefficient (Wildman–Crippen LogP) is 3.71.